The van der Waals surface area contributed by atoms with Crippen molar-refractivity contribution in [2.45, 2.75) is 64.2 Å². The van der Waals surface area contributed by atoms with Gasteiger partial charge in [0, 0.05) is 10.3 Å². The van der Waals surface area contributed by atoms with Crippen LogP contribution in [0.25, 0.3) is 0 Å². The Morgan fingerprint density at radius 2 is 1.62 bits per heavy atom. The number of amidine groups is 1. The smallest absolute Gasteiger partial charge is 0.0963 e. The van der Waals surface area contributed by atoms with Crippen LogP contribution in [-0.2, 0) is 5.41 Å². The maximum absolute atomic E-state index is 7.55. The lowest BCUT2D eigenvalue weighted by atomic mass is 9.86. The second-order valence-corrected chi connectivity index (χ2v) is 8.55. The van der Waals surface area contributed by atoms with E-state index in [1.165, 1.54) is 16.9 Å². The van der Waals surface area contributed by atoms with Crippen LogP contribution in [0.15, 0.2) is 29.2 Å². The van der Waals surface area contributed by atoms with Crippen molar-refractivity contribution in [2.24, 2.45) is 11.1 Å². The molecule has 0 unspecified atom stereocenters. The number of unbranched alkanes of at least 4 members (excludes halogenated alkanes) is 1. The summed E-state index contributed by atoms with van der Waals surface area (Å²) in [5.41, 5.74) is 7.06. The lowest BCUT2D eigenvalue weighted by molar-refractivity contribution is 0.448. The summed E-state index contributed by atoms with van der Waals surface area (Å²) in [4.78, 5) is 1.34. The van der Waals surface area contributed by atoms with Gasteiger partial charge in [0.25, 0.3) is 0 Å². The van der Waals surface area contributed by atoms with E-state index in [4.69, 9.17) is 11.1 Å². The fraction of sp³-hybridized carbons (Fsp3) is 0.611. The molecule has 0 aliphatic carbocycles. The molecule has 0 bridgehead atoms. The van der Waals surface area contributed by atoms with Gasteiger partial charge in [0.2, 0.25) is 0 Å². The van der Waals surface area contributed by atoms with E-state index >= 15 is 0 Å². The maximum Gasteiger partial charge on any atom is 0.0963 e. The van der Waals surface area contributed by atoms with Crippen LogP contribution in [0.4, 0.5) is 0 Å². The molecule has 21 heavy (non-hydrogen) atoms. The number of rotatable bonds is 7. The highest BCUT2D eigenvalue weighted by Gasteiger charge is 2.20. The quantitative estimate of drug-likeness (QED) is 0.314. The summed E-state index contributed by atoms with van der Waals surface area (Å²) in [5.74, 6) is 1.43. The Labute approximate surface area is 134 Å². The Morgan fingerprint density at radius 1 is 1.05 bits per heavy atom. The zero-order chi connectivity index (χ0) is 16.1. The lowest BCUT2D eigenvalue weighted by Gasteiger charge is -2.22. The molecule has 0 fully saturated rings. The largest absolute Gasteiger partial charge is 0.387 e. The van der Waals surface area contributed by atoms with Crippen molar-refractivity contribution in [2.75, 3.05) is 5.75 Å². The van der Waals surface area contributed by atoms with Crippen LogP contribution < -0.4 is 5.73 Å². The van der Waals surface area contributed by atoms with E-state index in [0.717, 1.165) is 18.6 Å². The summed E-state index contributed by atoms with van der Waals surface area (Å²) in [7, 11) is 0. The normalized spacial score (nSPS) is 12.4. The predicted molar refractivity (Wildman–Crippen MR) is 95.4 cm³/mol. The summed E-state index contributed by atoms with van der Waals surface area (Å²) in [6, 6.07) is 8.93. The van der Waals surface area contributed by atoms with Crippen molar-refractivity contribution in [1.82, 2.24) is 0 Å². The molecule has 0 saturated heterocycles. The van der Waals surface area contributed by atoms with Gasteiger partial charge >= 0.3 is 0 Å². The molecule has 2 nitrogen and oxygen atoms in total. The third-order valence-electron chi connectivity index (χ3n) is 3.91. The van der Waals surface area contributed by atoms with Gasteiger partial charge in [-0.05, 0) is 41.7 Å². The topological polar surface area (TPSA) is 49.9 Å². The molecule has 0 spiro atoms. The van der Waals surface area contributed by atoms with E-state index in [1.54, 1.807) is 0 Å². The highest BCUT2D eigenvalue weighted by atomic mass is 32.2. The van der Waals surface area contributed by atoms with Crippen LogP contribution in [0.5, 0.6) is 0 Å². The van der Waals surface area contributed by atoms with Crippen LogP contribution in [0.1, 0.15) is 59.4 Å². The molecule has 0 saturated carbocycles. The van der Waals surface area contributed by atoms with Gasteiger partial charge < -0.3 is 5.73 Å². The third kappa shape index (κ3) is 6.13. The summed E-state index contributed by atoms with van der Waals surface area (Å²) in [6.07, 6.45) is 3.29. The Bertz CT molecular complexity index is 455. The first-order valence-corrected chi connectivity index (χ1v) is 8.69. The average Bonchev–Trinajstić information content (AvgIpc) is 2.37. The first kappa shape index (κ1) is 18.1. The number of hydrogen-bond donors (Lipinski definition) is 2. The third-order valence-corrected chi connectivity index (χ3v) is 5.01. The summed E-state index contributed by atoms with van der Waals surface area (Å²) >= 11 is 1.91. The summed E-state index contributed by atoms with van der Waals surface area (Å²) in [6.45, 7) is 10.8. The second kappa shape index (κ2) is 7.35. The molecule has 0 amide bonds. The van der Waals surface area contributed by atoms with Crippen molar-refractivity contribution in [3.8, 4) is 0 Å². The number of benzene rings is 1. The average molecular weight is 307 g/mol. The molecule has 118 valence electrons. The van der Waals surface area contributed by atoms with Gasteiger partial charge in [-0.25, -0.2) is 0 Å². The Morgan fingerprint density at radius 3 is 2.10 bits per heavy atom. The van der Waals surface area contributed by atoms with Crippen LogP contribution in [-0.4, -0.2) is 11.6 Å². The van der Waals surface area contributed by atoms with Gasteiger partial charge in [0.1, 0.15) is 0 Å². The molecular formula is C18H30N2S. The number of thioether (sulfide) groups is 1. The van der Waals surface area contributed by atoms with Crippen LogP contribution in [0.2, 0.25) is 0 Å². The minimum atomic E-state index is -0.154. The van der Waals surface area contributed by atoms with Crippen LogP contribution in [0.3, 0.4) is 0 Å². The van der Waals surface area contributed by atoms with E-state index in [1.807, 2.05) is 25.6 Å². The Balaban J connectivity index is 2.32. The summed E-state index contributed by atoms with van der Waals surface area (Å²) < 4.78 is 0. The number of nitrogens with two attached hydrogens (primary N) is 1. The molecular weight excluding hydrogens is 276 g/mol. The van der Waals surface area contributed by atoms with Crippen LogP contribution >= 0.6 is 11.8 Å². The fourth-order valence-electron chi connectivity index (χ4n) is 2.04. The zero-order valence-electron chi connectivity index (χ0n) is 14.1. The molecule has 0 aliphatic rings. The van der Waals surface area contributed by atoms with Crippen molar-refractivity contribution in [3.63, 3.8) is 0 Å². The molecule has 0 radical (unpaired) electrons. The van der Waals surface area contributed by atoms with Gasteiger partial charge in [-0.15, -0.1) is 11.8 Å². The van der Waals surface area contributed by atoms with E-state index in [2.05, 4.69) is 45.0 Å². The van der Waals surface area contributed by atoms with E-state index in [0.29, 0.717) is 5.84 Å². The molecule has 0 heterocycles. The predicted octanol–water partition coefficient (Wildman–Crippen LogP) is 5.21. The zero-order valence-corrected chi connectivity index (χ0v) is 14.9. The standard InChI is InChI=1S/C18H30N2S/c1-17(2,3)14-8-10-15(11-9-14)21-13-7-6-12-18(4,5)16(19)20/h8-11H,6-7,12-13H2,1-5H3,(H3,19,20). The molecule has 0 aliphatic heterocycles. The first-order chi connectivity index (χ1) is 9.63. The minimum Gasteiger partial charge on any atom is -0.387 e. The summed E-state index contributed by atoms with van der Waals surface area (Å²) in [5, 5.41) is 7.55. The first-order valence-electron chi connectivity index (χ1n) is 7.71. The van der Waals surface area contributed by atoms with Crippen molar-refractivity contribution < 1.29 is 0 Å². The van der Waals surface area contributed by atoms with Gasteiger partial charge in [-0.2, -0.15) is 0 Å². The van der Waals surface area contributed by atoms with Gasteiger partial charge in [-0.3, -0.25) is 5.41 Å². The number of hydrogen-bond acceptors (Lipinski definition) is 2. The van der Waals surface area contributed by atoms with Crippen molar-refractivity contribution in [1.29, 1.82) is 5.41 Å². The molecule has 0 aromatic heterocycles. The molecule has 1 aromatic rings. The Kier molecular flexibility index (Phi) is 6.33. The van der Waals surface area contributed by atoms with Crippen molar-refractivity contribution >= 4 is 17.6 Å². The van der Waals surface area contributed by atoms with Gasteiger partial charge in [0.05, 0.1) is 5.84 Å². The highest BCUT2D eigenvalue weighted by Crippen LogP contribution is 2.27. The number of nitrogens with one attached hydrogen (secondary N) is 1. The van der Waals surface area contributed by atoms with Crippen molar-refractivity contribution in [3.05, 3.63) is 29.8 Å². The van der Waals surface area contributed by atoms with Gasteiger partial charge in [0.15, 0.2) is 0 Å². The Hall–Kier alpha value is -0.960. The molecule has 3 N–H and O–H groups in total. The molecule has 1 rings (SSSR count). The molecule has 1 aromatic carbocycles. The maximum atomic E-state index is 7.55. The lowest BCUT2D eigenvalue weighted by Crippen LogP contribution is -2.30. The van der Waals surface area contributed by atoms with Gasteiger partial charge in [-0.1, -0.05) is 53.2 Å². The second-order valence-electron chi connectivity index (χ2n) is 7.38. The van der Waals surface area contributed by atoms with E-state index < -0.39 is 0 Å². The van der Waals surface area contributed by atoms with E-state index in [-0.39, 0.29) is 10.8 Å². The fourth-order valence-corrected chi connectivity index (χ4v) is 2.96. The van der Waals surface area contributed by atoms with E-state index in [9.17, 15) is 0 Å². The SMILES string of the molecule is CC(C)(CCCCSc1ccc(C(C)(C)C)cc1)C(=N)N. The van der Waals surface area contributed by atoms with Crippen LogP contribution in [0, 0.1) is 10.8 Å². The molecule has 0 atom stereocenters. The molecule has 3 heteroatoms. The monoisotopic (exact) mass is 306 g/mol. The minimum absolute atomic E-state index is 0.154. The highest BCUT2D eigenvalue weighted by molar-refractivity contribution is 7.99.